The molecule has 0 saturated carbocycles. The number of thioether (sulfide) groups is 1. The van der Waals surface area contributed by atoms with E-state index in [4.69, 9.17) is 14.2 Å². The molecule has 0 N–H and O–H groups in total. The van der Waals surface area contributed by atoms with E-state index >= 15 is 0 Å². The molecule has 0 bridgehead atoms. The van der Waals surface area contributed by atoms with Crippen molar-refractivity contribution in [2.24, 2.45) is 4.99 Å². The molecule has 34 heavy (non-hydrogen) atoms. The number of nitrogens with zero attached hydrogens (tertiary/aromatic N) is 2. The highest BCUT2D eigenvalue weighted by molar-refractivity contribution is 7.98. The molecule has 2 heterocycles. The topological polar surface area (TPSA) is 79.1 Å². The van der Waals surface area contributed by atoms with Crippen LogP contribution in [0.2, 0.25) is 0 Å². The minimum atomic E-state index is -0.632. The number of hydrogen-bond donors (Lipinski definition) is 0. The predicted molar refractivity (Wildman–Crippen MR) is 134 cm³/mol. The molecular formula is C25H24N2O5S2. The van der Waals surface area contributed by atoms with Gasteiger partial charge in [0.15, 0.2) is 16.3 Å². The Labute approximate surface area is 205 Å². The maximum absolute atomic E-state index is 13.6. The molecule has 1 atom stereocenters. The number of carbonyl (C=O) groups excluding carboxylic acids is 1. The zero-order valence-corrected chi connectivity index (χ0v) is 21.1. The molecule has 0 amide bonds. The molecule has 0 radical (unpaired) electrons. The smallest absolute Gasteiger partial charge is 0.338 e. The second-order valence-electron chi connectivity index (χ2n) is 7.46. The monoisotopic (exact) mass is 496 g/mol. The number of allylic oxidation sites excluding steroid dienone is 1. The molecule has 0 saturated heterocycles. The van der Waals surface area contributed by atoms with E-state index in [2.05, 4.69) is 4.99 Å². The Morgan fingerprint density at radius 2 is 1.79 bits per heavy atom. The number of rotatable bonds is 6. The number of carbonyl (C=O) groups is 1. The summed E-state index contributed by atoms with van der Waals surface area (Å²) in [6.45, 7) is 1.76. The van der Waals surface area contributed by atoms with Gasteiger partial charge in [0.1, 0.15) is 0 Å². The number of benzene rings is 2. The minimum Gasteiger partial charge on any atom is -0.493 e. The van der Waals surface area contributed by atoms with Crippen molar-refractivity contribution in [3.05, 3.63) is 84.5 Å². The summed E-state index contributed by atoms with van der Waals surface area (Å²) in [6.07, 6.45) is 3.78. The van der Waals surface area contributed by atoms with Crippen LogP contribution in [0, 0.1) is 0 Å². The van der Waals surface area contributed by atoms with Gasteiger partial charge in [-0.25, -0.2) is 9.79 Å². The fourth-order valence-electron chi connectivity index (χ4n) is 3.89. The molecule has 0 aliphatic carbocycles. The number of methoxy groups -OCH3 is 3. The molecule has 1 aliphatic heterocycles. The van der Waals surface area contributed by atoms with Gasteiger partial charge in [-0.1, -0.05) is 29.5 Å². The van der Waals surface area contributed by atoms with Gasteiger partial charge < -0.3 is 14.2 Å². The maximum Gasteiger partial charge on any atom is 0.338 e. The van der Waals surface area contributed by atoms with E-state index in [0.717, 1.165) is 16.0 Å². The molecule has 2 aromatic carbocycles. The van der Waals surface area contributed by atoms with Crippen LogP contribution in [0.3, 0.4) is 0 Å². The molecule has 9 heteroatoms. The normalized spacial score (nSPS) is 15.6. The van der Waals surface area contributed by atoms with Crippen molar-refractivity contribution < 1.29 is 19.0 Å². The van der Waals surface area contributed by atoms with Crippen LogP contribution in [-0.2, 0) is 9.53 Å². The van der Waals surface area contributed by atoms with Gasteiger partial charge in [0.25, 0.3) is 5.56 Å². The lowest BCUT2D eigenvalue weighted by Crippen LogP contribution is -2.39. The summed E-state index contributed by atoms with van der Waals surface area (Å²) in [4.78, 5) is 32.6. The van der Waals surface area contributed by atoms with Crippen LogP contribution in [-0.4, -0.2) is 38.1 Å². The van der Waals surface area contributed by atoms with Gasteiger partial charge >= 0.3 is 5.97 Å². The van der Waals surface area contributed by atoms with Crippen LogP contribution in [0.4, 0.5) is 0 Å². The molecule has 1 aliphatic rings. The summed E-state index contributed by atoms with van der Waals surface area (Å²) in [6, 6.07) is 12.6. The quantitative estimate of drug-likeness (QED) is 0.385. The number of esters is 1. The van der Waals surface area contributed by atoms with Crippen molar-refractivity contribution in [3.63, 3.8) is 0 Å². The van der Waals surface area contributed by atoms with Crippen molar-refractivity contribution in [2.45, 2.75) is 17.9 Å². The van der Waals surface area contributed by atoms with Crippen LogP contribution in [0.25, 0.3) is 6.08 Å². The van der Waals surface area contributed by atoms with Gasteiger partial charge in [0, 0.05) is 4.90 Å². The number of hydrogen-bond acceptors (Lipinski definition) is 8. The Kier molecular flexibility index (Phi) is 6.95. The third kappa shape index (κ3) is 4.28. The van der Waals surface area contributed by atoms with Gasteiger partial charge in [-0.15, -0.1) is 11.8 Å². The Hall–Kier alpha value is -3.30. The third-order valence-electron chi connectivity index (χ3n) is 5.56. The molecule has 0 spiro atoms. The first-order valence-electron chi connectivity index (χ1n) is 10.4. The first-order chi connectivity index (χ1) is 16.4. The van der Waals surface area contributed by atoms with Crippen LogP contribution in [0.15, 0.2) is 68.4 Å². The van der Waals surface area contributed by atoms with Gasteiger partial charge in [-0.05, 0) is 54.6 Å². The van der Waals surface area contributed by atoms with Crippen LogP contribution in [0.5, 0.6) is 11.5 Å². The van der Waals surface area contributed by atoms with Crippen molar-refractivity contribution in [1.82, 2.24) is 4.57 Å². The Morgan fingerprint density at radius 3 is 2.41 bits per heavy atom. The Bertz CT molecular complexity index is 1450. The van der Waals surface area contributed by atoms with E-state index < -0.39 is 12.0 Å². The minimum absolute atomic E-state index is 0.230. The van der Waals surface area contributed by atoms with E-state index in [0.29, 0.717) is 32.1 Å². The number of fused-ring (bicyclic) bond motifs is 1. The van der Waals surface area contributed by atoms with Gasteiger partial charge in [0.2, 0.25) is 0 Å². The molecular weight excluding hydrogens is 472 g/mol. The van der Waals surface area contributed by atoms with Gasteiger partial charge in [0.05, 0.1) is 43.2 Å². The van der Waals surface area contributed by atoms with Crippen LogP contribution < -0.4 is 24.4 Å². The summed E-state index contributed by atoms with van der Waals surface area (Å²) in [5.74, 6) is 0.669. The lowest BCUT2D eigenvalue weighted by Gasteiger charge is -2.24. The number of thiazole rings is 1. The van der Waals surface area contributed by atoms with Crippen LogP contribution in [0.1, 0.15) is 24.1 Å². The molecule has 0 fully saturated rings. The summed E-state index contributed by atoms with van der Waals surface area (Å²) in [5, 5.41) is 0. The fraction of sp³-hybridized carbons (Fsp3) is 0.240. The zero-order valence-electron chi connectivity index (χ0n) is 19.4. The zero-order chi connectivity index (χ0) is 24.4. The Balaban J connectivity index is 1.92. The lowest BCUT2D eigenvalue weighted by atomic mass is 9.96. The van der Waals surface area contributed by atoms with E-state index in [1.165, 1.54) is 18.4 Å². The number of aromatic nitrogens is 1. The first-order valence-corrected chi connectivity index (χ1v) is 12.4. The highest BCUT2D eigenvalue weighted by Crippen LogP contribution is 2.32. The van der Waals surface area contributed by atoms with Crippen molar-refractivity contribution >= 4 is 35.1 Å². The summed E-state index contributed by atoms with van der Waals surface area (Å²) in [5.41, 5.74) is 2.25. The summed E-state index contributed by atoms with van der Waals surface area (Å²) >= 11 is 2.90. The second-order valence-corrected chi connectivity index (χ2v) is 9.35. The predicted octanol–water partition coefficient (Wildman–Crippen LogP) is 3.15. The first kappa shape index (κ1) is 23.8. The molecule has 1 unspecified atom stereocenters. The largest absolute Gasteiger partial charge is 0.493 e. The molecule has 3 aromatic rings. The standard InChI is InChI=1S/C25H24N2O5S2/c1-14-21(24(29)32-4)22(16-7-9-17(33-5)10-8-16)27-23(28)20(34-25(27)26-14)13-15-6-11-18(30-2)19(12-15)31-3/h6-13,22H,1-5H3. The van der Waals surface area contributed by atoms with Crippen LogP contribution >= 0.6 is 23.1 Å². The number of ether oxygens (including phenoxy) is 3. The maximum atomic E-state index is 13.6. The fourth-order valence-corrected chi connectivity index (χ4v) is 5.34. The average Bonchev–Trinajstić information content (AvgIpc) is 3.16. The summed E-state index contributed by atoms with van der Waals surface area (Å²) in [7, 11) is 4.47. The van der Waals surface area contributed by atoms with E-state index in [-0.39, 0.29) is 5.56 Å². The molecule has 4 rings (SSSR count). The third-order valence-corrected chi connectivity index (χ3v) is 7.29. The van der Waals surface area contributed by atoms with E-state index in [9.17, 15) is 9.59 Å². The Morgan fingerprint density at radius 1 is 1.09 bits per heavy atom. The molecule has 7 nitrogen and oxygen atoms in total. The SMILES string of the molecule is COC(=O)C1=C(C)N=c2sc(=Cc3ccc(OC)c(OC)c3)c(=O)n2C1c1ccc(SC)cc1. The lowest BCUT2D eigenvalue weighted by molar-refractivity contribution is -0.136. The van der Waals surface area contributed by atoms with Crippen molar-refractivity contribution in [3.8, 4) is 11.5 Å². The highest BCUT2D eigenvalue weighted by Gasteiger charge is 2.33. The van der Waals surface area contributed by atoms with Gasteiger partial charge in [-0.3, -0.25) is 9.36 Å². The van der Waals surface area contributed by atoms with Crippen molar-refractivity contribution in [2.75, 3.05) is 27.6 Å². The second kappa shape index (κ2) is 9.90. The average molecular weight is 497 g/mol. The van der Waals surface area contributed by atoms with E-state index in [1.807, 2.05) is 36.6 Å². The molecule has 1 aromatic heterocycles. The highest BCUT2D eigenvalue weighted by atomic mass is 32.2. The molecule has 176 valence electrons. The van der Waals surface area contributed by atoms with Crippen molar-refractivity contribution in [1.29, 1.82) is 0 Å². The summed E-state index contributed by atoms with van der Waals surface area (Å²) < 4.78 is 17.8. The van der Waals surface area contributed by atoms with E-state index in [1.54, 1.807) is 55.7 Å². The van der Waals surface area contributed by atoms with Gasteiger partial charge in [-0.2, -0.15) is 0 Å².